The van der Waals surface area contributed by atoms with E-state index >= 15 is 0 Å². The van der Waals surface area contributed by atoms with Crippen molar-refractivity contribution in [2.24, 2.45) is 5.92 Å². The van der Waals surface area contributed by atoms with Crippen molar-refractivity contribution in [1.29, 1.82) is 0 Å². The van der Waals surface area contributed by atoms with Gasteiger partial charge >= 0.3 is 5.97 Å². The highest BCUT2D eigenvalue weighted by molar-refractivity contribution is 7.09. The molecule has 1 aromatic heterocycles. The Morgan fingerprint density at radius 2 is 2.26 bits per heavy atom. The van der Waals surface area contributed by atoms with E-state index in [2.05, 4.69) is 11.4 Å². The summed E-state index contributed by atoms with van der Waals surface area (Å²) in [5.41, 5.74) is 0. The van der Waals surface area contributed by atoms with Crippen LogP contribution in [0.4, 0.5) is 0 Å². The minimum atomic E-state index is -0.918. The Balaban J connectivity index is 1.68. The number of carbonyl (C=O) groups excluding carboxylic acids is 1. The van der Waals surface area contributed by atoms with Gasteiger partial charge < -0.3 is 10.4 Å². The lowest BCUT2D eigenvalue weighted by molar-refractivity contribution is -0.142. The maximum atomic E-state index is 11.7. The summed E-state index contributed by atoms with van der Waals surface area (Å²) >= 11 is 1.68. The quantitative estimate of drug-likeness (QED) is 0.769. The second kappa shape index (κ2) is 6.70. The van der Waals surface area contributed by atoms with Crippen molar-refractivity contribution in [3.8, 4) is 0 Å². The zero-order valence-corrected chi connectivity index (χ0v) is 11.6. The minimum absolute atomic E-state index is 0.149. The van der Waals surface area contributed by atoms with Crippen LogP contribution in [0.1, 0.15) is 37.0 Å². The Bertz CT molecular complexity index is 426. The highest BCUT2D eigenvalue weighted by Gasteiger charge is 2.29. The zero-order valence-electron chi connectivity index (χ0n) is 10.8. The van der Waals surface area contributed by atoms with Crippen LogP contribution in [0, 0.1) is 5.92 Å². The fraction of sp³-hybridized carbons (Fsp3) is 0.571. The van der Waals surface area contributed by atoms with Crippen molar-refractivity contribution in [3.63, 3.8) is 0 Å². The van der Waals surface area contributed by atoms with Crippen molar-refractivity contribution in [1.82, 2.24) is 5.32 Å². The fourth-order valence-corrected chi connectivity index (χ4v) is 2.80. The van der Waals surface area contributed by atoms with Gasteiger partial charge in [0.2, 0.25) is 5.91 Å². The van der Waals surface area contributed by atoms with Gasteiger partial charge in [0.25, 0.3) is 0 Å². The van der Waals surface area contributed by atoms with Gasteiger partial charge in [-0.25, -0.2) is 4.79 Å². The van der Waals surface area contributed by atoms with Crippen LogP contribution in [0.2, 0.25) is 0 Å². The summed E-state index contributed by atoms with van der Waals surface area (Å²) in [7, 11) is 0. The fourth-order valence-electron chi connectivity index (χ4n) is 2.05. The van der Waals surface area contributed by atoms with Crippen LogP contribution >= 0.6 is 11.3 Å². The van der Waals surface area contributed by atoms with Gasteiger partial charge in [-0.05, 0) is 36.6 Å². The molecule has 1 saturated carbocycles. The second-order valence-electron chi connectivity index (χ2n) is 5.07. The SMILES string of the molecule is O=C(CCCc1cccs1)NC(CC1CC1)C(=O)O. The third kappa shape index (κ3) is 5.03. The number of thiophene rings is 1. The summed E-state index contributed by atoms with van der Waals surface area (Å²) in [4.78, 5) is 24.0. The Kier molecular flexibility index (Phi) is 4.96. The first-order chi connectivity index (χ1) is 9.15. The molecule has 1 unspecified atom stereocenters. The maximum Gasteiger partial charge on any atom is 0.326 e. The van der Waals surface area contributed by atoms with Gasteiger partial charge in [0.1, 0.15) is 6.04 Å². The van der Waals surface area contributed by atoms with Gasteiger partial charge in [0, 0.05) is 11.3 Å². The lowest BCUT2D eigenvalue weighted by Gasteiger charge is -2.13. The average Bonchev–Trinajstić information content (AvgIpc) is 3.02. The molecule has 0 radical (unpaired) electrons. The Labute approximate surface area is 116 Å². The van der Waals surface area contributed by atoms with Crippen LogP contribution in [0.15, 0.2) is 17.5 Å². The Hall–Kier alpha value is -1.36. The number of aryl methyl sites for hydroxylation is 1. The van der Waals surface area contributed by atoms with Gasteiger partial charge in [-0.1, -0.05) is 18.9 Å². The lowest BCUT2D eigenvalue weighted by atomic mass is 10.1. The van der Waals surface area contributed by atoms with Gasteiger partial charge in [-0.15, -0.1) is 11.3 Å². The van der Waals surface area contributed by atoms with Crippen molar-refractivity contribution >= 4 is 23.2 Å². The Morgan fingerprint density at radius 3 is 2.84 bits per heavy atom. The molecule has 2 N–H and O–H groups in total. The second-order valence-corrected chi connectivity index (χ2v) is 6.10. The molecule has 1 heterocycles. The van der Waals surface area contributed by atoms with E-state index in [4.69, 9.17) is 5.11 Å². The van der Waals surface area contributed by atoms with Crippen molar-refractivity contribution in [3.05, 3.63) is 22.4 Å². The van der Waals surface area contributed by atoms with E-state index < -0.39 is 12.0 Å². The molecule has 1 aliphatic rings. The number of carboxylic acids is 1. The molecule has 0 bridgehead atoms. The number of carbonyl (C=O) groups is 2. The number of amides is 1. The third-order valence-corrected chi connectivity index (χ3v) is 4.24. The van der Waals surface area contributed by atoms with Crippen molar-refractivity contribution in [2.45, 2.75) is 44.6 Å². The molecule has 4 nitrogen and oxygen atoms in total. The highest BCUT2D eigenvalue weighted by Crippen LogP contribution is 2.33. The van der Waals surface area contributed by atoms with E-state index in [0.717, 1.165) is 25.7 Å². The molecular weight excluding hydrogens is 262 g/mol. The van der Waals surface area contributed by atoms with Gasteiger partial charge in [-0.2, -0.15) is 0 Å². The minimum Gasteiger partial charge on any atom is -0.480 e. The molecule has 1 fully saturated rings. The number of aliphatic carboxylic acids is 1. The smallest absolute Gasteiger partial charge is 0.326 e. The molecule has 0 aliphatic heterocycles. The molecule has 0 spiro atoms. The molecule has 1 aromatic rings. The van der Waals surface area contributed by atoms with Crippen LogP contribution in [-0.2, 0) is 16.0 Å². The first kappa shape index (κ1) is 14.1. The molecule has 5 heteroatoms. The molecule has 1 atom stereocenters. The van der Waals surface area contributed by atoms with Gasteiger partial charge in [-0.3, -0.25) is 4.79 Å². The standard InChI is InChI=1S/C14H19NO3S/c16-13(5-1-3-11-4-2-8-19-11)15-12(14(17)18)9-10-6-7-10/h2,4,8,10,12H,1,3,5-7,9H2,(H,15,16)(H,17,18). The van der Waals surface area contributed by atoms with Crippen molar-refractivity contribution < 1.29 is 14.7 Å². The van der Waals surface area contributed by atoms with E-state index in [1.165, 1.54) is 4.88 Å². The molecule has 19 heavy (non-hydrogen) atoms. The van der Waals surface area contributed by atoms with Crippen LogP contribution in [0.3, 0.4) is 0 Å². The summed E-state index contributed by atoms with van der Waals surface area (Å²) in [6.45, 7) is 0. The number of nitrogens with one attached hydrogen (secondary N) is 1. The predicted octanol–water partition coefficient (Wildman–Crippen LogP) is 2.44. The first-order valence-electron chi connectivity index (χ1n) is 6.69. The molecule has 0 aromatic carbocycles. The molecule has 104 valence electrons. The van der Waals surface area contributed by atoms with Gasteiger partial charge in [0.15, 0.2) is 0 Å². The molecule has 1 amide bonds. The number of hydrogen-bond acceptors (Lipinski definition) is 3. The Morgan fingerprint density at radius 1 is 1.47 bits per heavy atom. The number of hydrogen-bond donors (Lipinski definition) is 2. The largest absolute Gasteiger partial charge is 0.480 e. The van der Waals surface area contributed by atoms with Crippen LogP contribution in [-0.4, -0.2) is 23.0 Å². The number of rotatable bonds is 8. The van der Waals surface area contributed by atoms with Crippen LogP contribution < -0.4 is 5.32 Å². The maximum absolute atomic E-state index is 11.7. The molecule has 1 aliphatic carbocycles. The molecule has 2 rings (SSSR count). The average molecular weight is 281 g/mol. The molecule has 0 saturated heterocycles. The van der Waals surface area contributed by atoms with Gasteiger partial charge in [0.05, 0.1) is 0 Å². The zero-order chi connectivity index (χ0) is 13.7. The highest BCUT2D eigenvalue weighted by atomic mass is 32.1. The summed E-state index contributed by atoms with van der Waals surface area (Å²) < 4.78 is 0. The van der Waals surface area contributed by atoms with E-state index in [1.54, 1.807) is 11.3 Å². The van der Waals surface area contributed by atoms with Crippen molar-refractivity contribution in [2.75, 3.05) is 0 Å². The predicted molar refractivity (Wildman–Crippen MR) is 74.2 cm³/mol. The summed E-state index contributed by atoms with van der Waals surface area (Å²) in [6.07, 6.45) is 4.81. The normalized spacial score (nSPS) is 16.0. The monoisotopic (exact) mass is 281 g/mol. The molecular formula is C14H19NO3S. The third-order valence-electron chi connectivity index (χ3n) is 3.31. The van der Waals surface area contributed by atoms with E-state index in [0.29, 0.717) is 18.8 Å². The summed E-state index contributed by atoms with van der Waals surface area (Å²) in [5, 5.41) is 13.7. The van der Waals surface area contributed by atoms with Crippen LogP contribution in [0.5, 0.6) is 0 Å². The topological polar surface area (TPSA) is 66.4 Å². The number of carboxylic acid groups (broad SMARTS) is 1. The van der Waals surface area contributed by atoms with E-state index in [-0.39, 0.29) is 5.91 Å². The van der Waals surface area contributed by atoms with Crippen LogP contribution in [0.25, 0.3) is 0 Å². The summed E-state index contributed by atoms with van der Waals surface area (Å²) in [6, 6.07) is 3.34. The summed E-state index contributed by atoms with van der Waals surface area (Å²) in [5.74, 6) is -0.573. The first-order valence-corrected chi connectivity index (χ1v) is 7.57. The van der Waals surface area contributed by atoms with E-state index in [9.17, 15) is 9.59 Å². The lowest BCUT2D eigenvalue weighted by Crippen LogP contribution is -2.41. The van der Waals surface area contributed by atoms with E-state index in [1.807, 2.05) is 11.4 Å².